The minimum Gasteiger partial charge on any atom is -0.271 e. The van der Waals surface area contributed by atoms with Crippen LogP contribution in [0.25, 0.3) is 0 Å². The normalized spacial score (nSPS) is 12.7. The van der Waals surface area contributed by atoms with Gasteiger partial charge in [0.15, 0.2) is 0 Å². The molecule has 16 heavy (non-hydrogen) atoms. The van der Waals surface area contributed by atoms with Crippen molar-refractivity contribution in [3.8, 4) is 0 Å². The summed E-state index contributed by atoms with van der Waals surface area (Å²) in [6.45, 7) is 2.04. The maximum absolute atomic E-state index is 13.1. The molecule has 4 heteroatoms. The van der Waals surface area contributed by atoms with Crippen LogP contribution in [0.2, 0.25) is 0 Å². The molecule has 0 aliphatic heterocycles. The van der Waals surface area contributed by atoms with Crippen LogP contribution in [0.3, 0.4) is 0 Å². The summed E-state index contributed by atoms with van der Waals surface area (Å²) < 4.78 is 13.1. The average molecular weight is 236 g/mol. The first-order valence-corrected chi connectivity index (χ1v) is 5.85. The van der Waals surface area contributed by atoms with E-state index in [4.69, 9.17) is 5.84 Å². The summed E-state index contributed by atoms with van der Waals surface area (Å²) in [4.78, 5) is 1.21. The third-order valence-electron chi connectivity index (χ3n) is 2.43. The van der Waals surface area contributed by atoms with Crippen LogP contribution in [0.5, 0.6) is 0 Å². The fraction of sp³-hybridized carbons (Fsp3) is 0.167. The van der Waals surface area contributed by atoms with E-state index in [2.05, 4.69) is 11.5 Å². The Hall–Kier alpha value is -1.23. The van der Waals surface area contributed by atoms with Crippen molar-refractivity contribution in [2.45, 2.75) is 13.0 Å². The molecule has 1 unspecified atom stereocenters. The third kappa shape index (κ3) is 2.29. The minimum absolute atomic E-state index is 0.152. The molecule has 1 aromatic carbocycles. The van der Waals surface area contributed by atoms with E-state index in [1.165, 1.54) is 17.0 Å². The molecule has 1 atom stereocenters. The van der Waals surface area contributed by atoms with Crippen LogP contribution < -0.4 is 11.3 Å². The standard InChI is InChI=1S/C12H13FN2S/c1-8-5-10(7-16-8)12(15-14)9-3-2-4-11(13)6-9/h2-7,12,15H,14H2,1H3. The topological polar surface area (TPSA) is 38.0 Å². The van der Waals surface area contributed by atoms with E-state index in [1.54, 1.807) is 17.4 Å². The maximum Gasteiger partial charge on any atom is 0.123 e. The van der Waals surface area contributed by atoms with Gasteiger partial charge in [0.05, 0.1) is 6.04 Å². The molecular weight excluding hydrogens is 223 g/mol. The molecule has 0 aliphatic rings. The van der Waals surface area contributed by atoms with E-state index >= 15 is 0 Å². The molecule has 0 spiro atoms. The number of nitrogens with two attached hydrogens (primary N) is 1. The second kappa shape index (κ2) is 4.74. The Labute approximate surface area is 97.9 Å². The van der Waals surface area contributed by atoms with Gasteiger partial charge in [0.25, 0.3) is 0 Å². The largest absolute Gasteiger partial charge is 0.271 e. The first-order chi connectivity index (χ1) is 7.70. The van der Waals surface area contributed by atoms with Gasteiger partial charge in [0.2, 0.25) is 0 Å². The van der Waals surface area contributed by atoms with Gasteiger partial charge < -0.3 is 0 Å². The van der Waals surface area contributed by atoms with Gasteiger partial charge in [0, 0.05) is 4.88 Å². The Morgan fingerprint density at radius 2 is 2.12 bits per heavy atom. The van der Waals surface area contributed by atoms with Crippen molar-refractivity contribution >= 4 is 11.3 Å². The molecule has 2 nitrogen and oxygen atoms in total. The molecule has 1 heterocycles. The zero-order valence-corrected chi connectivity index (χ0v) is 9.72. The van der Waals surface area contributed by atoms with Crippen molar-refractivity contribution in [1.82, 2.24) is 5.43 Å². The smallest absolute Gasteiger partial charge is 0.123 e. The summed E-state index contributed by atoms with van der Waals surface area (Å²) >= 11 is 1.66. The fourth-order valence-corrected chi connectivity index (χ4v) is 2.42. The van der Waals surface area contributed by atoms with Gasteiger partial charge >= 0.3 is 0 Å². The van der Waals surface area contributed by atoms with Crippen molar-refractivity contribution in [2.24, 2.45) is 5.84 Å². The summed E-state index contributed by atoms with van der Waals surface area (Å²) in [6.07, 6.45) is 0. The lowest BCUT2D eigenvalue weighted by Gasteiger charge is -2.14. The number of hydrazine groups is 1. The van der Waals surface area contributed by atoms with Crippen molar-refractivity contribution in [2.75, 3.05) is 0 Å². The number of thiophene rings is 1. The molecule has 0 fully saturated rings. The van der Waals surface area contributed by atoms with Crippen LogP contribution in [-0.4, -0.2) is 0 Å². The first kappa shape index (κ1) is 11.3. The summed E-state index contributed by atoms with van der Waals surface area (Å²) in [5.74, 6) is 5.28. The van der Waals surface area contributed by atoms with Crippen LogP contribution in [0, 0.1) is 12.7 Å². The fourth-order valence-electron chi connectivity index (χ4n) is 1.69. The quantitative estimate of drug-likeness (QED) is 0.635. The van der Waals surface area contributed by atoms with Gasteiger partial charge in [-0.05, 0) is 41.6 Å². The highest BCUT2D eigenvalue weighted by Crippen LogP contribution is 2.25. The average Bonchev–Trinajstić information content (AvgIpc) is 2.66. The lowest BCUT2D eigenvalue weighted by Crippen LogP contribution is -2.28. The molecule has 0 saturated carbocycles. The molecule has 0 radical (unpaired) electrons. The Kier molecular flexibility index (Phi) is 3.33. The summed E-state index contributed by atoms with van der Waals surface area (Å²) in [7, 11) is 0. The van der Waals surface area contributed by atoms with Crippen LogP contribution in [0.1, 0.15) is 22.0 Å². The van der Waals surface area contributed by atoms with E-state index in [-0.39, 0.29) is 11.9 Å². The Balaban J connectivity index is 2.36. The van der Waals surface area contributed by atoms with Gasteiger partial charge in [-0.25, -0.2) is 9.82 Å². The zero-order valence-electron chi connectivity index (χ0n) is 8.91. The Morgan fingerprint density at radius 3 is 2.69 bits per heavy atom. The van der Waals surface area contributed by atoms with E-state index < -0.39 is 0 Å². The predicted octanol–water partition coefficient (Wildman–Crippen LogP) is 2.75. The SMILES string of the molecule is Cc1cc(C(NN)c2cccc(F)c2)cs1. The van der Waals surface area contributed by atoms with Crippen LogP contribution in [0.15, 0.2) is 35.7 Å². The number of rotatable bonds is 3. The van der Waals surface area contributed by atoms with Crippen molar-refractivity contribution < 1.29 is 4.39 Å². The number of nitrogens with one attached hydrogen (secondary N) is 1. The van der Waals surface area contributed by atoms with Gasteiger partial charge in [-0.15, -0.1) is 11.3 Å². The zero-order chi connectivity index (χ0) is 11.5. The van der Waals surface area contributed by atoms with Gasteiger partial charge in [-0.2, -0.15) is 0 Å². The van der Waals surface area contributed by atoms with E-state index in [9.17, 15) is 4.39 Å². The van der Waals surface area contributed by atoms with Crippen LogP contribution in [-0.2, 0) is 0 Å². The number of benzene rings is 1. The van der Waals surface area contributed by atoms with Crippen LogP contribution >= 0.6 is 11.3 Å². The highest BCUT2D eigenvalue weighted by atomic mass is 32.1. The van der Waals surface area contributed by atoms with E-state index in [1.807, 2.05) is 18.4 Å². The lowest BCUT2D eigenvalue weighted by molar-refractivity contribution is 0.606. The summed E-state index contributed by atoms with van der Waals surface area (Å²) in [6, 6.07) is 8.38. The van der Waals surface area contributed by atoms with Gasteiger partial charge in [-0.3, -0.25) is 5.84 Å². The number of halogens is 1. The molecule has 2 rings (SSSR count). The Morgan fingerprint density at radius 1 is 1.31 bits per heavy atom. The van der Waals surface area contributed by atoms with Crippen LogP contribution in [0.4, 0.5) is 4.39 Å². The molecule has 3 N–H and O–H groups in total. The van der Waals surface area contributed by atoms with Gasteiger partial charge in [0.1, 0.15) is 5.82 Å². The van der Waals surface area contributed by atoms with E-state index in [0.29, 0.717) is 0 Å². The lowest BCUT2D eigenvalue weighted by atomic mass is 10.0. The molecule has 2 aromatic rings. The highest BCUT2D eigenvalue weighted by molar-refractivity contribution is 7.10. The van der Waals surface area contributed by atoms with Crippen molar-refractivity contribution in [1.29, 1.82) is 0 Å². The molecule has 0 amide bonds. The molecule has 84 valence electrons. The first-order valence-electron chi connectivity index (χ1n) is 4.97. The number of hydrogen-bond donors (Lipinski definition) is 2. The Bertz CT molecular complexity index is 481. The third-order valence-corrected chi connectivity index (χ3v) is 3.31. The second-order valence-electron chi connectivity index (χ2n) is 3.65. The minimum atomic E-state index is -0.246. The van der Waals surface area contributed by atoms with Gasteiger partial charge in [-0.1, -0.05) is 12.1 Å². The number of hydrogen-bond acceptors (Lipinski definition) is 3. The summed E-state index contributed by atoms with van der Waals surface area (Å²) in [5, 5.41) is 2.03. The monoisotopic (exact) mass is 236 g/mol. The maximum atomic E-state index is 13.1. The predicted molar refractivity (Wildman–Crippen MR) is 64.6 cm³/mol. The molecular formula is C12H13FN2S. The summed E-state index contributed by atoms with van der Waals surface area (Å²) in [5.41, 5.74) is 4.61. The number of aryl methyl sites for hydroxylation is 1. The second-order valence-corrected chi connectivity index (χ2v) is 4.76. The molecule has 0 bridgehead atoms. The van der Waals surface area contributed by atoms with E-state index in [0.717, 1.165) is 11.1 Å². The molecule has 0 saturated heterocycles. The molecule has 1 aromatic heterocycles. The molecule has 0 aliphatic carbocycles. The van der Waals surface area contributed by atoms with Crippen molar-refractivity contribution in [3.05, 3.63) is 57.5 Å². The highest BCUT2D eigenvalue weighted by Gasteiger charge is 2.13. The van der Waals surface area contributed by atoms with Crippen molar-refractivity contribution in [3.63, 3.8) is 0 Å².